The van der Waals surface area contributed by atoms with Crippen molar-refractivity contribution in [2.24, 2.45) is 10.9 Å². The molecule has 1 atom stereocenters. The van der Waals surface area contributed by atoms with Gasteiger partial charge in [0.2, 0.25) is 0 Å². The van der Waals surface area contributed by atoms with E-state index in [9.17, 15) is 13.2 Å². The molecule has 1 aromatic carbocycles. The third-order valence-electron chi connectivity index (χ3n) is 5.09. The minimum atomic E-state index is -4.14. The Hall–Kier alpha value is -2.55. The van der Waals surface area contributed by atoms with Crippen molar-refractivity contribution in [2.45, 2.75) is 32.6 Å². The quantitative estimate of drug-likeness (QED) is 0.507. The number of hydrogen-bond donors (Lipinski definition) is 2. The fourth-order valence-electron chi connectivity index (χ4n) is 3.66. The SMILES string of the molecule is CCNC(=NCc1ccccc1Cn1cccn1)NCC1CCN(CC(F)(F)F)C1. The molecule has 0 amide bonds. The molecular weight excluding hydrogens is 393 g/mol. The van der Waals surface area contributed by atoms with Crippen LogP contribution in [0.15, 0.2) is 47.7 Å². The van der Waals surface area contributed by atoms with Gasteiger partial charge in [0.1, 0.15) is 0 Å². The molecule has 1 fully saturated rings. The van der Waals surface area contributed by atoms with Crippen molar-refractivity contribution in [2.75, 3.05) is 32.7 Å². The van der Waals surface area contributed by atoms with Gasteiger partial charge in [0.05, 0.1) is 19.6 Å². The predicted molar refractivity (Wildman–Crippen MR) is 111 cm³/mol. The van der Waals surface area contributed by atoms with Gasteiger partial charge in [-0.1, -0.05) is 24.3 Å². The molecule has 1 aromatic heterocycles. The zero-order valence-electron chi connectivity index (χ0n) is 17.2. The van der Waals surface area contributed by atoms with Gasteiger partial charge < -0.3 is 10.6 Å². The number of hydrogen-bond acceptors (Lipinski definition) is 3. The lowest BCUT2D eigenvalue weighted by atomic mass is 10.1. The second kappa shape index (κ2) is 10.5. The number of aliphatic imine (C=N–C) groups is 1. The zero-order valence-corrected chi connectivity index (χ0v) is 17.2. The summed E-state index contributed by atoms with van der Waals surface area (Å²) in [7, 11) is 0. The maximum absolute atomic E-state index is 12.6. The van der Waals surface area contributed by atoms with Crippen molar-refractivity contribution in [3.8, 4) is 0 Å². The van der Waals surface area contributed by atoms with Crippen molar-refractivity contribution in [3.63, 3.8) is 0 Å². The predicted octanol–water partition coefficient (Wildman–Crippen LogP) is 2.87. The van der Waals surface area contributed by atoms with Crippen molar-refractivity contribution >= 4 is 5.96 Å². The Labute approximate surface area is 175 Å². The molecule has 1 unspecified atom stereocenters. The van der Waals surface area contributed by atoms with E-state index >= 15 is 0 Å². The van der Waals surface area contributed by atoms with Gasteiger partial charge in [0.25, 0.3) is 0 Å². The van der Waals surface area contributed by atoms with Crippen LogP contribution in [0.25, 0.3) is 0 Å². The lowest BCUT2D eigenvalue weighted by Gasteiger charge is -2.18. The normalized spacial score (nSPS) is 18.0. The van der Waals surface area contributed by atoms with Crippen molar-refractivity contribution in [1.29, 1.82) is 0 Å². The standard InChI is InChI=1S/C21H29F3N6/c1-2-25-20(26-12-17-8-11-29(14-17)16-21(22,23)24)27-13-18-6-3-4-7-19(18)15-30-10-5-9-28-30/h3-7,9-10,17H,2,8,11-16H2,1H3,(H2,25,26,27). The number of benzene rings is 1. The average molecular weight is 422 g/mol. The molecule has 9 heteroatoms. The van der Waals surface area contributed by atoms with Crippen LogP contribution in [0.1, 0.15) is 24.5 Å². The van der Waals surface area contributed by atoms with Gasteiger partial charge in [-0.05, 0) is 43.0 Å². The highest BCUT2D eigenvalue weighted by atomic mass is 19.4. The minimum absolute atomic E-state index is 0.184. The summed E-state index contributed by atoms with van der Waals surface area (Å²) in [5.74, 6) is 0.865. The van der Waals surface area contributed by atoms with Crippen LogP contribution >= 0.6 is 0 Å². The van der Waals surface area contributed by atoms with Gasteiger partial charge in [0.15, 0.2) is 5.96 Å². The highest BCUT2D eigenvalue weighted by Gasteiger charge is 2.34. The van der Waals surface area contributed by atoms with Gasteiger partial charge in [-0.25, -0.2) is 4.99 Å². The number of likely N-dealkylation sites (tertiary alicyclic amines) is 1. The summed E-state index contributed by atoms with van der Waals surface area (Å²) in [4.78, 5) is 6.16. The molecule has 1 saturated heterocycles. The molecule has 1 aliphatic heterocycles. The number of alkyl halides is 3. The highest BCUT2D eigenvalue weighted by molar-refractivity contribution is 5.79. The Bertz CT molecular complexity index is 803. The van der Waals surface area contributed by atoms with E-state index in [1.165, 1.54) is 4.90 Å². The Morgan fingerprint density at radius 2 is 2.00 bits per heavy atom. The van der Waals surface area contributed by atoms with Crippen molar-refractivity contribution < 1.29 is 13.2 Å². The van der Waals surface area contributed by atoms with Crippen LogP contribution in [0.5, 0.6) is 0 Å². The molecule has 2 aromatic rings. The molecule has 0 bridgehead atoms. The number of nitrogens with zero attached hydrogens (tertiary/aromatic N) is 4. The first kappa shape index (κ1) is 22.1. The number of aromatic nitrogens is 2. The molecule has 6 nitrogen and oxygen atoms in total. The van der Waals surface area contributed by atoms with E-state index in [0.717, 1.165) is 17.5 Å². The van der Waals surface area contributed by atoms with Crippen LogP contribution in [-0.4, -0.2) is 59.5 Å². The second-order valence-corrected chi connectivity index (χ2v) is 7.55. The third kappa shape index (κ3) is 7.05. The van der Waals surface area contributed by atoms with Crippen LogP contribution in [0.3, 0.4) is 0 Å². The van der Waals surface area contributed by atoms with Gasteiger partial charge in [-0.15, -0.1) is 0 Å². The molecule has 0 saturated carbocycles. The summed E-state index contributed by atoms with van der Waals surface area (Å²) in [6.07, 6.45) is 0.305. The van der Waals surface area contributed by atoms with Crippen molar-refractivity contribution in [1.82, 2.24) is 25.3 Å². The van der Waals surface area contributed by atoms with Gasteiger partial charge >= 0.3 is 6.18 Å². The Morgan fingerprint density at radius 3 is 2.70 bits per heavy atom. The summed E-state index contributed by atoms with van der Waals surface area (Å²) in [6.45, 7) is 4.62. The molecule has 0 aliphatic carbocycles. The summed E-state index contributed by atoms with van der Waals surface area (Å²) < 4.78 is 39.6. The highest BCUT2D eigenvalue weighted by Crippen LogP contribution is 2.22. The van der Waals surface area contributed by atoms with Crippen LogP contribution in [-0.2, 0) is 13.1 Å². The van der Waals surface area contributed by atoms with Gasteiger partial charge in [-0.3, -0.25) is 9.58 Å². The Kier molecular flexibility index (Phi) is 7.73. The number of rotatable bonds is 8. The maximum Gasteiger partial charge on any atom is 0.401 e. The molecule has 0 radical (unpaired) electrons. The van der Waals surface area contributed by atoms with Crippen LogP contribution in [0.4, 0.5) is 13.2 Å². The summed E-state index contributed by atoms with van der Waals surface area (Å²) >= 11 is 0. The summed E-state index contributed by atoms with van der Waals surface area (Å²) in [5, 5.41) is 10.8. The lowest BCUT2D eigenvalue weighted by Crippen LogP contribution is -2.40. The van der Waals surface area contributed by atoms with E-state index in [1.807, 2.05) is 36.0 Å². The molecule has 0 spiro atoms. The maximum atomic E-state index is 12.6. The number of guanidine groups is 1. The fourth-order valence-corrected chi connectivity index (χ4v) is 3.66. The van der Waals surface area contributed by atoms with Gasteiger partial charge in [0, 0.05) is 32.0 Å². The minimum Gasteiger partial charge on any atom is -0.357 e. The topological polar surface area (TPSA) is 57.5 Å². The zero-order chi connectivity index (χ0) is 21.4. The van der Waals surface area contributed by atoms with Crippen LogP contribution < -0.4 is 10.6 Å². The average Bonchev–Trinajstić information content (AvgIpc) is 3.36. The van der Waals surface area contributed by atoms with E-state index < -0.39 is 12.7 Å². The van der Waals surface area contributed by atoms with E-state index in [4.69, 9.17) is 0 Å². The Balaban J connectivity index is 1.55. The first-order chi connectivity index (χ1) is 14.4. The van der Waals surface area contributed by atoms with Crippen LogP contribution in [0.2, 0.25) is 0 Å². The molecule has 1 aliphatic rings. The molecular formula is C21H29F3N6. The fraction of sp³-hybridized carbons (Fsp3) is 0.524. The van der Waals surface area contributed by atoms with E-state index in [0.29, 0.717) is 45.2 Å². The molecule has 164 valence electrons. The number of nitrogens with one attached hydrogen (secondary N) is 2. The molecule has 30 heavy (non-hydrogen) atoms. The molecule has 2 N–H and O–H groups in total. The first-order valence-electron chi connectivity index (χ1n) is 10.3. The third-order valence-corrected chi connectivity index (χ3v) is 5.09. The summed E-state index contributed by atoms with van der Waals surface area (Å²) in [6, 6.07) is 10.0. The smallest absolute Gasteiger partial charge is 0.357 e. The largest absolute Gasteiger partial charge is 0.401 e. The molecule has 2 heterocycles. The van der Waals surface area contributed by atoms with Crippen LogP contribution in [0, 0.1) is 5.92 Å². The van der Waals surface area contributed by atoms with E-state index in [-0.39, 0.29) is 5.92 Å². The van der Waals surface area contributed by atoms with Gasteiger partial charge in [-0.2, -0.15) is 18.3 Å². The number of halogens is 3. The second-order valence-electron chi connectivity index (χ2n) is 7.55. The van der Waals surface area contributed by atoms with E-state index in [2.05, 4.69) is 32.9 Å². The molecule has 3 rings (SSSR count). The van der Waals surface area contributed by atoms with Crippen molar-refractivity contribution in [3.05, 3.63) is 53.9 Å². The van der Waals surface area contributed by atoms with E-state index in [1.54, 1.807) is 6.20 Å². The monoisotopic (exact) mass is 422 g/mol. The lowest BCUT2D eigenvalue weighted by molar-refractivity contribution is -0.143. The summed E-state index contributed by atoms with van der Waals surface area (Å²) in [5.41, 5.74) is 2.27. The first-order valence-corrected chi connectivity index (χ1v) is 10.3. The Morgan fingerprint density at radius 1 is 1.20 bits per heavy atom.